The molecule has 1 unspecified atom stereocenters. The van der Waals surface area contributed by atoms with Crippen LogP contribution in [0.3, 0.4) is 0 Å². The van der Waals surface area contributed by atoms with Gasteiger partial charge in [0.05, 0.1) is 0 Å². The molecule has 0 aliphatic heterocycles. The van der Waals surface area contributed by atoms with Gasteiger partial charge in [0.2, 0.25) is 5.78 Å². The number of hydrogen-bond donors (Lipinski definition) is 0. The minimum atomic E-state index is -0.653. The second kappa shape index (κ2) is 1.84. The summed E-state index contributed by atoms with van der Waals surface area (Å²) in [6, 6.07) is 0. The van der Waals surface area contributed by atoms with Gasteiger partial charge in [0, 0.05) is 19.8 Å². The van der Waals surface area contributed by atoms with Crippen LogP contribution in [0.5, 0.6) is 0 Å². The van der Waals surface area contributed by atoms with Gasteiger partial charge >= 0.3 is 0 Å². The predicted octanol–water partition coefficient (Wildman–Crippen LogP) is 1.42. The van der Waals surface area contributed by atoms with E-state index in [1.54, 1.807) is 6.92 Å². The Morgan fingerprint density at radius 3 is 2.67 bits per heavy atom. The minimum absolute atomic E-state index is 0.123. The van der Waals surface area contributed by atoms with Crippen molar-refractivity contribution in [3.63, 3.8) is 0 Å². The molecule has 1 fully saturated rings. The van der Waals surface area contributed by atoms with E-state index < -0.39 is 5.54 Å². The first-order chi connectivity index (χ1) is 4.19. The second-order valence-electron chi connectivity index (χ2n) is 2.66. The fraction of sp³-hybridized carbons (Fsp3) is 0.714. The molecule has 0 amide bonds. The smallest absolute Gasteiger partial charge is 0.286 e. The van der Waals surface area contributed by atoms with Crippen LogP contribution in [-0.4, -0.2) is 11.3 Å². The maximum absolute atomic E-state index is 10.9. The Morgan fingerprint density at radius 2 is 2.44 bits per heavy atom. The predicted molar refractivity (Wildman–Crippen MR) is 33.9 cm³/mol. The van der Waals surface area contributed by atoms with Crippen molar-refractivity contribution in [2.75, 3.05) is 0 Å². The molecule has 2 heteroatoms. The molecule has 2 nitrogen and oxygen atoms in total. The van der Waals surface area contributed by atoms with Crippen LogP contribution >= 0.6 is 0 Å². The van der Waals surface area contributed by atoms with Crippen LogP contribution in [0.1, 0.15) is 26.2 Å². The van der Waals surface area contributed by atoms with E-state index in [1.807, 2.05) is 0 Å². The van der Waals surface area contributed by atoms with E-state index in [0.29, 0.717) is 6.42 Å². The first-order valence-electron chi connectivity index (χ1n) is 3.11. The SMILES string of the molecule is [C-]#[N+]C1(C)CCCC1=O. The lowest BCUT2D eigenvalue weighted by Crippen LogP contribution is -2.24. The normalized spacial score (nSPS) is 34.4. The van der Waals surface area contributed by atoms with Crippen molar-refractivity contribution >= 4 is 5.78 Å². The fourth-order valence-electron chi connectivity index (χ4n) is 1.12. The van der Waals surface area contributed by atoms with Crippen molar-refractivity contribution in [2.24, 2.45) is 0 Å². The average Bonchev–Trinajstić information content (AvgIpc) is 2.15. The molecule has 0 aromatic heterocycles. The van der Waals surface area contributed by atoms with E-state index in [9.17, 15) is 4.79 Å². The summed E-state index contributed by atoms with van der Waals surface area (Å²) < 4.78 is 0. The van der Waals surface area contributed by atoms with Gasteiger partial charge in [0.1, 0.15) is 0 Å². The largest absolute Gasteiger partial charge is 0.302 e. The molecular weight excluding hydrogens is 114 g/mol. The summed E-state index contributed by atoms with van der Waals surface area (Å²) in [7, 11) is 0. The summed E-state index contributed by atoms with van der Waals surface area (Å²) >= 11 is 0. The van der Waals surface area contributed by atoms with Gasteiger partial charge in [-0.05, 0) is 6.42 Å². The second-order valence-corrected chi connectivity index (χ2v) is 2.66. The van der Waals surface area contributed by atoms with Crippen molar-refractivity contribution in [1.82, 2.24) is 0 Å². The summed E-state index contributed by atoms with van der Waals surface area (Å²) in [5.74, 6) is 0.123. The zero-order chi connectivity index (χ0) is 6.91. The topological polar surface area (TPSA) is 21.4 Å². The lowest BCUT2D eigenvalue weighted by Gasteiger charge is -2.03. The highest BCUT2D eigenvalue weighted by Crippen LogP contribution is 2.28. The Hall–Kier alpha value is -0.840. The van der Waals surface area contributed by atoms with E-state index in [4.69, 9.17) is 6.57 Å². The summed E-state index contributed by atoms with van der Waals surface area (Å²) in [5.41, 5.74) is -0.653. The molecule has 0 saturated heterocycles. The summed E-state index contributed by atoms with van der Waals surface area (Å²) in [6.07, 6.45) is 2.27. The summed E-state index contributed by atoms with van der Waals surface area (Å²) in [6.45, 7) is 8.46. The third-order valence-electron chi connectivity index (χ3n) is 1.91. The molecule has 1 aliphatic rings. The third kappa shape index (κ3) is 0.829. The summed E-state index contributed by atoms with van der Waals surface area (Å²) in [5, 5.41) is 0. The van der Waals surface area contributed by atoms with Gasteiger partial charge < -0.3 is 4.85 Å². The molecular formula is C7H9NO. The van der Waals surface area contributed by atoms with E-state index in [1.165, 1.54) is 0 Å². The van der Waals surface area contributed by atoms with Crippen molar-refractivity contribution < 1.29 is 4.79 Å². The highest BCUT2D eigenvalue weighted by atomic mass is 16.1. The maximum Gasteiger partial charge on any atom is 0.286 e. The zero-order valence-corrected chi connectivity index (χ0v) is 5.48. The van der Waals surface area contributed by atoms with Gasteiger partial charge in [-0.3, -0.25) is 4.79 Å². The Bertz CT molecular complexity index is 180. The number of ketones is 1. The van der Waals surface area contributed by atoms with Gasteiger partial charge in [0.25, 0.3) is 5.54 Å². The lowest BCUT2D eigenvalue weighted by atomic mass is 10.0. The van der Waals surface area contributed by atoms with Crippen molar-refractivity contribution in [1.29, 1.82) is 0 Å². The fourth-order valence-corrected chi connectivity index (χ4v) is 1.12. The monoisotopic (exact) mass is 123 g/mol. The Labute approximate surface area is 54.7 Å². The Kier molecular flexibility index (Phi) is 1.28. The average molecular weight is 123 g/mol. The van der Waals surface area contributed by atoms with Gasteiger partial charge in [-0.2, -0.15) is 0 Å². The van der Waals surface area contributed by atoms with Gasteiger partial charge in [-0.15, -0.1) is 0 Å². The molecule has 48 valence electrons. The van der Waals surface area contributed by atoms with Gasteiger partial charge in [0.15, 0.2) is 0 Å². The molecule has 0 aromatic carbocycles. The van der Waals surface area contributed by atoms with Crippen LogP contribution in [0.2, 0.25) is 0 Å². The molecule has 0 bridgehead atoms. The number of nitrogens with zero attached hydrogens (tertiary/aromatic N) is 1. The number of hydrogen-bond acceptors (Lipinski definition) is 1. The standard InChI is InChI=1S/C7H9NO/c1-7(8-2)5-3-4-6(7)9/h3-5H2,1H3. The number of carbonyl (C=O) groups is 1. The number of Topliss-reactive ketones (excluding diaryl/α,β-unsaturated/α-hetero) is 1. The minimum Gasteiger partial charge on any atom is -0.302 e. The van der Waals surface area contributed by atoms with Crippen LogP contribution in [-0.2, 0) is 4.79 Å². The molecule has 0 spiro atoms. The van der Waals surface area contributed by atoms with Gasteiger partial charge in [-0.1, -0.05) is 0 Å². The van der Waals surface area contributed by atoms with Crippen molar-refractivity contribution in [3.8, 4) is 0 Å². The molecule has 0 radical (unpaired) electrons. The Balaban J connectivity index is 2.82. The van der Waals surface area contributed by atoms with Crippen LogP contribution in [0.4, 0.5) is 0 Å². The van der Waals surface area contributed by atoms with E-state index in [0.717, 1.165) is 12.8 Å². The van der Waals surface area contributed by atoms with Crippen LogP contribution in [0, 0.1) is 6.57 Å². The first kappa shape index (κ1) is 6.28. The highest BCUT2D eigenvalue weighted by Gasteiger charge is 2.43. The molecule has 0 aromatic rings. The highest BCUT2D eigenvalue weighted by molar-refractivity contribution is 5.91. The van der Waals surface area contributed by atoms with Crippen LogP contribution in [0.15, 0.2) is 0 Å². The summed E-state index contributed by atoms with van der Waals surface area (Å²) in [4.78, 5) is 14.2. The molecule has 1 aliphatic carbocycles. The molecule has 1 atom stereocenters. The van der Waals surface area contributed by atoms with E-state index >= 15 is 0 Å². The van der Waals surface area contributed by atoms with Gasteiger partial charge in [-0.25, -0.2) is 6.57 Å². The van der Waals surface area contributed by atoms with Crippen molar-refractivity contribution in [2.45, 2.75) is 31.7 Å². The molecule has 0 heterocycles. The van der Waals surface area contributed by atoms with E-state index in [-0.39, 0.29) is 5.78 Å². The number of rotatable bonds is 0. The first-order valence-corrected chi connectivity index (χ1v) is 3.11. The van der Waals surface area contributed by atoms with Crippen molar-refractivity contribution in [3.05, 3.63) is 11.4 Å². The van der Waals surface area contributed by atoms with Crippen LogP contribution < -0.4 is 0 Å². The van der Waals surface area contributed by atoms with Crippen LogP contribution in [0.25, 0.3) is 4.85 Å². The quantitative estimate of drug-likeness (QED) is 0.446. The maximum atomic E-state index is 10.9. The molecule has 0 N–H and O–H groups in total. The third-order valence-corrected chi connectivity index (χ3v) is 1.91. The zero-order valence-electron chi connectivity index (χ0n) is 5.48. The molecule has 1 saturated carbocycles. The van der Waals surface area contributed by atoms with E-state index in [2.05, 4.69) is 4.85 Å². The Morgan fingerprint density at radius 1 is 1.78 bits per heavy atom. The lowest BCUT2D eigenvalue weighted by molar-refractivity contribution is -0.120. The molecule has 9 heavy (non-hydrogen) atoms. The number of carbonyl (C=O) groups excluding carboxylic acids is 1. The molecule has 1 rings (SSSR count).